The predicted octanol–water partition coefficient (Wildman–Crippen LogP) is 2.44. The molecule has 0 aliphatic rings. The zero-order valence-electron chi connectivity index (χ0n) is 7.65. The van der Waals surface area contributed by atoms with Crippen molar-refractivity contribution in [2.75, 3.05) is 5.75 Å². The van der Waals surface area contributed by atoms with Gasteiger partial charge >= 0.3 is 0 Å². The average Bonchev–Trinajstić information content (AvgIpc) is 2.05. The van der Waals surface area contributed by atoms with Gasteiger partial charge in [-0.1, -0.05) is 24.6 Å². The van der Waals surface area contributed by atoms with Crippen LogP contribution in [0.2, 0.25) is 0 Å². The highest BCUT2D eigenvalue weighted by molar-refractivity contribution is 8.72. The average molecular weight is 216 g/mol. The van der Waals surface area contributed by atoms with Crippen LogP contribution in [0.1, 0.15) is 12.5 Å². The normalized spacial score (nSPS) is 11.5. The van der Waals surface area contributed by atoms with Crippen molar-refractivity contribution < 1.29 is 8.42 Å². The van der Waals surface area contributed by atoms with Crippen LogP contribution in [0.15, 0.2) is 29.2 Å². The highest BCUT2D eigenvalue weighted by Gasteiger charge is 2.12. The van der Waals surface area contributed by atoms with Crippen molar-refractivity contribution in [3.63, 3.8) is 0 Å². The molecule has 1 aromatic rings. The molecule has 0 atom stereocenters. The van der Waals surface area contributed by atoms with Crippen LogP contribution in [0, 0.1) is 6.92 Å². The first kappa shape index (κ1) is 10.6. The zero-order chi connectivity index (χ0) is 9.90. The van der Waals surface area contributed by atoms with Gasteiger partial charge in [-0.05, 0) is 29.9 Å². The summed E-state index contributed by atoms with van der Waals surface area (Å²) in [5, 5.41) is 0. The molecule has 13 heavy (non-hydrogen) atoms. The van der Waals surface area contributed by atoms with E-state index in [1.807, 2.05) is 26.0 Å². The molecule has 0 amide bonds. The third kappa shape index (κ3) is 2.74. The molecule has 1 rings (SSSR count). The van der Waals surface area contributed by atoms with Crippen molar-refractivity contribution in [3.05, 3.63) is 29.8 Å². The standard InChI is InChI=1S/C9H12O2S2/c1-3-12-13(10,11)9-6-4-8(2)5-7-9/h4-7H,3H2,1-2H3. The van der Waals surface area contributed by atoms with Crippen LogP contribution in [-0.4, -0.2) is 14.2 Å². The first-order valence-corrected chi connectivity index (χ1v) is 7.01. The van der Waals surface area contributed by atoms with Gasteiger partial charge in [0.2, 0.25) is 8.87 Å². The van der Waals surface area contributed by atoms with Gasteiger partial charge in [0, 0.05) is 5.75 Å². The molecule has 0 aromatic heterocycles. The summed E-state index contributed by atoms with van der Waals surface area (Å²) in [6.07, 6.45) is 0. The van der Waals surface area contributed by atoms with E-state index in [1.165, 1.54) is 0 Å². The second-order valence-electron chi connectivity index (χ2n) is 2.67. The van der Waals surface area contributed by atoms with Gasteiger partial charge in [0.05, 0.1) is 4.90 Å². The van der Waals surface area contributed by atoms with Crippen molar-refractivity contribution in [2.45, 2.75) is 18.7 Å². The van der Waals surface area contributed by atoms with E-state index in [4.69, 9.17) is 0 Å². The lowest BCUT2D eigenvalue weighted by Gasteiger charge is -2.01. The van der Waals surface area contributed by atoms with Crippen molar-refractivity contribution in [1.82, 2.24) is 0 Å². The van der Waals surface area contributed by atoms with E-state index < -0.39 is 8.87 Å². The van der Waals surface area contributed by atoms with Crippen LogP contribution in [-0.2, 0) is 8.87 Å². The molecule has 4 heteroatoms. The van der Waals surface area contributed by atoms with Gasteiger partial charge in [-0.15, -0.1) is 0 Å². The van der Waals surface area contributed by atoms with E-state index in [-0.39, 0.29) is 0 Å². The van der Waals surface area contributed by atoms with Crippen LogP contribution in [0.25, 0.3) is 0 Å². The molecule has 0 unspecified atom stereocenters. The molecule has 0 N–H and O–H groups in total. The summed E-state index contributed by atoms with van der Waals surface area (Å²) in [5.74, 6) is 0.580. The Bertz CT molecular complexity index is 365. The summed E-state index contributed by atoms with van der Waals surface area (Å²) < 4.78 is 23.0. The molecule has 0 saturated heterocycles. The zero-order valence-corrected chi connectivity index (χ0v) is 9.28. The smallest absolute Gasteiger partial charge is 0.212 e. The molecule has 0 heterocycles. The van der Waals surface area contributed by atoms with E-state index >= 15 is 0 Å². The van der Waals surface area contributed by atoms with Crippen molar-refractivity contribution in [2.24, 2.45) is 0 Å². The molecule has 0 aliphatic carbocycles. The van der Waals surface area contributed by atoms with E-state index in [0.717, 1.165) is 16.4 Å². The van der Waals surface area contributed by atoms with Crippen LogP contribution in [0.5, 0.6) is 0 Å². The van der Waals surface area contributed by atoms with Gasteiger partial charge in [0.25, 0.3) is 0 Å². The molecule has 72 valence electrons. The predicted molar refractivity (Wildman–Crippen MR) is 56.5 cm³/mol. The number of aryl methyl sites for hydroxylation is 1. The molecular formula is C9H12O2S2. The Kier molecular flexibility index (Phi) is 3.39. The van der Waals surface area contributed by atoms with E-state index in [9.17, 15) is 8.42 Å². The number of hydrogen-bond acceptors (Lipinski definition) is 3. The third-order valence-electron chi connectivity index (χ3n) is 1.58. The molecule has 0 saturated carbocycles. The van der Waals surface area contributed by atoms with Gasteiger partial charge in [0.1, 0.15) is 0 Å². The van der Waals surface area contributed by atoms with Gasteiger partial charge < -0.3 is 0 Å². The molecule has 0 aliphatic heterocycles. The van der Waals surface area contributed by atoms with E-state index in [2.05, 4.69) is 0 Å². The lowest BCUT2D eigenvalue weighted by Crippen LogP contribution is -1.95. The molecular weight excluding hydrogens is 204 g/mol. The van der Waals surface area contributed by atoms with Gasteiger partial charge in [-0.3, -0.25) is 0 Å². The quantitative estimate of drug-likeness (QED) is 0.728. The summed E-state index contributed by atoms with van der Waals surface area (Å²) in [6.45, 7) is 3.76. The summed E-state index contributed by atoms with van der Waals surface area (Å²) >= 11 is 0. The molecule has 0 radical (unpaired) electrons. The maximum atomic E-state index is 11.5. The summed E-state index contributed by atoms with van der Waals surface area (Å²) in [5.41, 5.74) is 1.07. The van der Waals surface area contributed by atoms with Crippen LogP contribution < -0.4 is 0 Å². The Morgan fingerprint density at radius 1 is 1.23 bits per heavy atom. The molecule has 0 spiro atoms. The minimum absolute atomic E-state index is 0.393. The fourth-order valence-corrected chi connectivity index (χ4v) is 3.52. The lowest BCUT2D eigenvalue weighted by molar-refractivity contribution is 0.610. The Hall–Kier alpha value is -0.480. The maximum Gasteiger partial charge on any atom is 0.229 e. The summed E-state index contributed by atoms with van der Waals surface area (Å²) in [7, 11) is -2.15. The van der Waals surface area contributed by atoms with Gasteiger partial charge in [0.15, 0.2) is 0 Å². The lowest BCUT2D eigenvalue weighted by atomic mass is 10.2. The second-order valence-corrected chi connectivity index (χ2v) is 6.89. The Balaban J connectivity index is 3.02. The molecule has 2 nitrogen and oxygen atoms in total. The Labute approximate surface area is 82.7 Å². The van der Waals surface area contributed by atoms with Crippen molar-refractivity contribution in [3.8, 4) is 0 Å². The number of benzene rings is 1. The second kappa shape index (κ2) is 4.15. The summed E-state index contributed by atoms with van der Waals surface area (Å²) in [6, 6.07) is 6.91. The fraction of sp³-hybridized carbons (Fsp3) is 0.333. The van der Waals surface area contributed by atoms with Crippen LogP contribution >= 0.6 is 10.8 Å². The molecule has 0 fully saturated rings. The number of rotatable bonds is 3. The first-order valence-electron chi connectivity index (χ1n) is 4.02. The van der Waals surface area contributed by atoms with Crippen LogP contribution in [0.4, 0.5) is 0 Å². The largest absolute Gasteiger partial charge is 0.229 e. The minimum atomic E-state index is -3.11. The maximum absolute atomic E-state index is 11.5. The topological polar surface area (TPSA) is 34.1 Å². The third-order valence-corrected chi connectivity index (χ3v) is 5.19. The Morgan fingerprint density at radius 3 is 2.23 bits per heavy atom. The summed E-state index contributed by atoms with van der Waals surface area (Å²) in [4.78, 5) is 0.393. The van der Waals surface area contributed by atoms with E-state index in [0.29, 0.717) is 10.6 Å². The van der Waals surface area contributed by atoms with E-state index in [1.54, 1.807) is 12.1 Å². The minimum Gasteiger partial charge on any atom is -0.212 e. The van der Waals surface area contributed by atoms with Gasteiger partial charge in [-0.25, -0.2) is 8.42 Å². The van der Waals surface area contributed by atoms with Crippen LogP contribution in [0.3, 0.4) is 0 Å². The Morgan fingerprint density at radius 2 is 1.77 bits per heavy atom. The molecule has 0 bridgehead atoms. The SMILES string of the molecule is CCSS(=O)(=O)c1ccc(C)cc1. The molecule has 1 aromatic carbocycles. The van der Waals surface area contributed by atoms with Crippen molar-refractivity contribution >= 4 is 19.7 Å². The fourth-order valence-electron chi connectivity index (χ4n) is 0.928. The number of hydrogen-bond donors (Lipinski definition) is 0. The van der Waals surface area contributed by atoms with Gasteiger partial charge in [-0.2, -0.15) is 0 Å². The highest BCUT2D eigenvalue weighted by atomic mass is 33.1. The van der Waals surface area contributed by atoms with Crippen molar-refractivity contribution in [1.29, 1.82) is 0 Å². The highest BCUT2D eigenvalue weighted by Crippen LogP contribution is 2.22. The monoisotopic (exact) mass is 216 g/mol. The first-order chi connectivity index (χ1) is 6.06.